The monoisotopic (exact) mass is 400 g/mol. The second kappa shape index (κ2) is 9.13. The van der Waals surface area contributed by atoms with E-state index in [-0.39, 0.29) is 10.7 Å². The first-order chi connectivity index (χ1) is 11.8. The van der Waals surface area contributed by atoms with Crippen LogP contribution in [0.25, 0.3) is 0 Å². The molecule has 0 radical (unpaired) electrons. The highest BCUT2D eigenvalue weighted by Gasteiger charge is 2.31. The van der Waals surface area contributed by atoms with Crippen molar-refractivity contribution in [3.63, 3.8) is 0 Å². The van der Waals surface area contributed by atoms with Gasteiger partial charge in [0.2, 0.25) is 15.9 Å². The Labute approximate surface area is 163 Å². The van der Waals surface area contributed by atoms with Crippen molar-refractivity contribution in [1.29, 1.82) is 0 Å². The predicted octanol–water partition coefficient (Wildman–Crippen LogP) is 3.50. The van der Waals surface area contributed by atoms with Crippen LogP contribution >= 0.6 is 11.8 Å². The minimum absolute atomic E-state index is 0.132. The number of rotatable bonds is 8. The summed E-state index contributed by atoms with van der Waals surface area (Å²) in [5, 5.41) is 2.89. The second-order valence-electron chi connectivity index (χ2n) is 7.58. The van der Waals surface area contributed by atoms with Gasteiger partial charge in [0.05, 0.1) is 11.9 Å². The van der Waals surface area contributed by atoms with Gasteiger partial charge in [0.25, 0.3) is 0 Å². The molecule has 0 fully saturated rings. The van der Waals surface area contributed by atoms with Gasteiger partial charge in [0.15, 0.2) is 0 Å². The van der Waals surface area contributed by atoms with Crippen LogP contribution in [0.3, 0.4) is 0 Å². The Hall–Kier alpha value is -1.21. The first kappa shape index (κ1) is 22.8. The maximum Gasteiger partial charge on any atom is 0.243 e. The van der Waals surface area contributed by atoms with Crippen molar-refractivity contribution in [2.75, 3.05) is 22.9 Å². The van der Waals surface area contributed by atoms with E-state index >= 15 is 0 Å². The Balaban J connectivity index is 3.02. The fourth-order valence-electron chi connectivity index (χ4n) is 2.79. The molecule has 0 aromatic heterocycles. The quantitative estimate of drug-likeness (QED) is 0.678. The Kier molecular flexibility index (Phi) is 8.02. The Morgan fingerprint density at radius 3 is 2.15 bits per heavy atom. The van der Waals surface area contributed by atoms with Crippen LogP contribution in [-0.2, 0) is 14.8 Å². The molecule has 1 amide bonds. The Morgan fingerprint density at radius 1 is 1.19 bits per heavy atom. The zero-order valence-corrected chi connectivity index (χ0v) is 18.6. The van der Waals surface area contributed by atoms with Crippen LogP contribution in [0.2, 0.25) is 0 Å². The molecule has 26 heavy (non-hydrogen) atoms. The van der Waals surface area contributed by atoms with Gasteiger partial charge < -0.3 is 5.32 Å². The van der Waals surface area contributed by atoms with Gasteiger partial charge >= 0.3 is 0 Å². The van der Waals surface area contributed by atoms with Crippen LogP contribution in [0.1, 0.15) is 45.2 Å². The zero-order valence-electron chi connectivity index (χ0n) is 16.9. The first-order valence-corrected chi connectivity index (χ1v) is 11.7. The topological polar surface area (TPSA) is 66.5 Å². The average Bonchev–Trinajstić information content (AvgIpc) is 2.45. The van der Waals surface area contributed by atoms with Gasteiger partial charge in [-0.1, -0.05) is 33.8 Å². The third-order valence-electron chi connectivity index (χ3n) is 3.73. The van der Waals surface area contributed by atoms with Gasteiger partial charge in [-0.25, -0.2) is 8.42 Å². The number of sulfonamides is 1. The number of thioether (sulfide) groups is 1. The highest BCUT2D eigenvalue weighted by atomic mass is 32.2. The van der Waals surface area contributed by atoms with Gasteiger partial charge in [-0.15, -0.1) is 0 Å². The van der Waals surface area contributed by atoms with Crippen LogP contribution < -0.4 is 9.62 Å². The molecule has 7 heteroatoms. The second-order valence-corrected chi connectivity index (χ2v) is 11.4. The number of hydrogen-bond acceptors (Lipinski definition) is 4. The number of aryl methyl sites for hydroxylation is 2. The van der Waals surface area contributed by atoms with Gasteiger partial charge in [-0.05, 0) is 43.5 Å². The summed E-state index contributed by atoms with van der Waals surface area (Å²) in [6.45, 7) is 12.6. The predicted molar refractivity (Wildman–Crippen MR) is 113 cm³/mol. The summed E-state index contributed by atoms with van der Waals surface area (Å²) < 4.78 is 26.3. The van der Waals surface area contributed by atoms with E-state index in [1.807, 2.05) is 26.8 Å². The number of anilines is 1. The number of nitrogens with one attached hydrogen (secondary N) is 1. The maximum atomic E-state index is 12.7. The van der Waals surface area contributed by atoms with Crippen molar-refractivity contribution in [2.24, 2.45) is 0 Å². The number of nitrogens with zero attached hydrogens (tertiary/aromatic N) is 1. The van der Waals surface area contributed by atoms with E-state index < -0.39 is 16.1 Å². The lowest BCUT2D eigenvalue weighted by Gasteiger charge is -2.30. The molecule has 0 aliphatic heterocycles. The van der Waals surface area contributed by atoms with Crippen molar-refractivity contribution in [1.82, 2.24) is 5.32 Å². The van der Waals surface area contributed by atoms with Crippen molar-refractivity contribution >= 4 is 33.4 Å². The van der Waals surface area contributed by atoms with Crippen molar-refractivity contribution in [3.05, 3.63) is 29.3 Å². The molecule has 0 saturated carbocycles. The lowest BCUT2D eigenvalue weighted by molar-refractivity contribution is -0.122. The van der Waals surface area contributed by atoms with E-state index in [0.717, 1.165) is 23.1 Å². The smallest absolute Gasteiger partial charge is 0.243 e. The molecule has 1 aromatic rings. The third kappa shape index (κ3) is 7.19. The molecular weight excluding hydrogens is 368 g/mol. The van der Waals surface area contributed by atoms with Crippen molar-refractivity contribution in [2.45, 2.75) is 58.8 Å². The number of benzene rings is 1. The normalized spacial score (nSPS) is 13.3. The minimum atomic E-state index is -3.59. The van der Waals surface area contributed by atoms with Crippen LogP contribution in [0, 0.1) is 13.8 Å². The fourth-order valence-corrected chi connectivity index (χ4v) is 4.80. The number of carbonyl (C=O) groups is 1. The van der Waals surface area contributed by atoms with Crippen LogP contribution in [0.4, 0.5) is 5.69 Å². The molecule has 5 nitrogen and oxygen atoms in total. The van der Waals surface area contributed by atoms with Crippen molar-refractivity contribution in [3.8, 4) is 0 Å². The maximum absolute atomic E-state index is 12.7. The molecule has 0 aliphatic rings. The number of amides is 1. The third-order valence-corrected chi connectivity index (χ3v) is 6.18. The molecule has 1 N–H and O–H groups in total. The number of carbonyl (C=O) groups excluding carboxylic acids is 1. The Morgan fingerprint density at radius 2 is 1.73 bits per heavy atom. The lowest BCUT2D eigenvalue weighted by atomic mass is 10.1. The minimum Gasteiger partial charge on any atom is -0.353 e. The highest BCUT2D eigenvalue weighted by molar-refractivity contribution is 8.00. The molecule has 0 heterocycles. The van der Waals surface area contributed by atoms with E-state index in [9.17, 15) is 13.2 Å². The molecule has 0 spiro atoms. The Bertz CT molecular complexity index is 705. The lowest BCUT2D eigenvalue weighted by Crippen LogP contribution is -2.49. The molecule has 1 rings (SSSR count). The van der Waals surface area contributed by atoms with E-state index in [0.29, 0.717) is 18.7 Å². The first-order valence-electron chi connectivity index (χ1n) is 8.84. The van der Waals surface area contributed by atoms with Gasteiger partial charge in [-0.3, -0.25) is 9.10 Å². The van der Waals surface area contributed by atoms with Gasteiger partial charge in [-0.2, -0.15) is 11.8 Å². The molecule has 1 aromatic carbocycles. The van der Waals surface area contributed by atoms with E-state index in [2.05, 4.69) is 26.1 Å². The van der Waals surface area contributed by atoms with E-state index in [1.165, 1.54) is 4.31 Å². The summed E-state index contributed by atoms with van der Waals surface area (Å²) in [5.74, 6) is 0.528. The molecule has 0 bridgehead atoms. The summed E-state index contributed by atoms with van der Waals surface area (Å²) in [7, 11) is -3.59. The van der Waals surface area contributed by atoms with Crippen LogP contribution in [0.5, 0.6) is 0 Å². The largest absolute Gasteiger partial charge is 0.353 e. The SMILES string of the molecule is CC[C@@H](C(=O)NCCSC(C)(C)C)N(c1cc(C)cc(C)c1)S(C)(=O)=O. The number of hydrogen-bond donors (Lipinski definition) is 1. The van der Waals surface area contributed by atoms with E-state index in [1.54, 1.807) is 23.9 Å². The fraction of sp³-hybridized carbons (Fsp3) is 0.632. The molecular formula is C19H32N2O3S2. The summed E-state index contributed by atoms with van der Waals surface area (Å²) in [5.41, 5.74) is 2.46. The standard InChI is InChI=1S/C19H32N2O3S2/c1-8-17(18(22)20-9-10-25-19(4,5)6)21(26(7,23)24)16-12-14(2)11-15(3)13-16/h11-13,17H,8-10H2,1-7H3,(H,20,22)/t17-/m0/s1. The summed E-state index contributed by atoms with van der Waals surface area (Å²) in [6, 6.07) is 4.83. The van der Waals surface area contributed by atoms with Gasteiger partial charge in [0.1, 0.15) is 6.04 Å². The van der Waals surface area contributed by atoms with Crippen molar-refractivity contribution < 1.29 is 13.2 Å². The average molecular weight is 401 g/mol. The molecule has 0 unspecified atom stereocenters. The molecule has 0 saturated heterocycles. The van der Waals surface area contributed by atoms with E-state index in [4.69, 9.17) is 0 Å². The summed E-state index contributed by atoms with van der Waals surface area (Å²) in [4.78, 5) is 12.7. The van der Waals surface area contributed by atoms with Gasteiger partial charge in [0, 0.05) is 17.0 Å². The summed E-state index contributed by atoms with van der Waals surface area (Å²) >= 11 is 1.76. The highest BCUT2D eigenvalue weighted by Crippen LogP contribution is 2.25. The molecule has 1 atom stereocenters. The van der Waals surface area contributed by atoms with Crippen LogP contribution in [-0.4, -0.2) is 43.7 Å². The van der Waals surface area contributed by atoms with Crippen LogP contribution in [0.15, 0.2) is 18.2 Å². The summed E-state index contributed by atoms with van der Waals surface area (Å²) in [6.07, 6.45) is 1.55. The molecule has 148 valence electrons. The zero-order chi connectivity index (χ0) is 20.1. The molecule has 0 aliphatic carbocycles.